The van der Waals surface area contributed by atoms with Crippen molar-refractivity contribution in [2.75, 3.05) is 6.54 Å². The third-order valence-corrected chi connectivity index (χ3v) is 4.40. The Balaban J connectivity index is 0.00000324. The maximum atomic E-state index is 12.2. The van der Waals surface area contributed by atoms with Gasteiger partial charge in [0.15, 0.2) is 0 Å². The van der Waals surface area contributed by atoms with Gasteiger partial charge in [0.1, 0.15) is 0 Å². The Labute approximate surface area is 122 Å². The maximum Gasteiger partial charge on any atom is 0.241 e. The van der Waals surface area contributed by atoms with E-state index in [2.05, 4.69) is 4.72 Å². The van der Waals surface area contributed by atoms with Crippen molar-refractivity contribution in [1.29, 1.82) is 0 Å². The van der Waals surface area contributed by atoms with Gasteiger partial charge in [0.25, 0.3) is 0 Å². The lowest BCUT2D eigenvalue weighted by Crippen LogP contribution is -2.51. The van der Waals surface area contributed by atoms with Gasteiger partial charge in [0.05, 0.1) is 4.90 Å². The van der Waals surface area contributed by atoms with Crippen LogP contribution in [0.2, 0.25) is 0 Å². The normalized spacial score (nSPS) is 14.8. The summed E-state index contributed by atoms with van der Waals surface area (Å²) in [6.07, 6.45) is 0.704. The van der Waals surface area contributed by atoms with Gasteiger partial charge in [-0.2, -0.15) is 0 Å². The highest BCUT2D eigenvalue weighted by Gasteiger charge is 2.29. The first-order valence-corrected chi connectivity index (χ1v) is 7.56. The lowest BCUT2D eigenvalue weighted by atomic mass is 9.92. The van der Waals surface area contributed by atoms with Crippen molar-refractivity contribution < 1.29 is 8.42 Å². The van der Waals surface area contributed by atoms with Crippen LogP contribution >= 0.6 is 12.4 Å². The summed E-state index contributed by atoms with van der Waals surface area (Å²) < 4.78 is 27.2. The molecule has 4 nitrogen and oxygen atoms in total. The summed E-state index contributed by atoms with van der Waals surface area (Å²) in [7, 11) is -3.51. The molecule has 1 rings (SSSR count). The lowest BCUT2D eigenvalue weighted by molar-refractivity contribution is 0.344. The Kier molecular flexibility index (Phi) is 7.00. The van der Waals surface area contributed by atoms with Crippen LogP contribution in [0.5, 0.6) is 0 Å². The molecule has 1 atom stereocenters. The molecule has 0 bridgehead atoms. The van der Waals surface area contributed by atoms with Gasteiger partial charge in [-0.05, 0) is 31.4 Å². The van der Waals surface area contributed by atoms with Crippen molar-refractivity contribution in [3.05, 3.63) is 30.3 Å². The van der Waals surface area contributed by atoms with Gasteiger partial charge in [-0.1, -0.05) is 32.0 Å². The molecule has 110 valence electrons. The van der Waals surface area contributed by atoms with Crippen LogP contribution in [0, 0.1) is 5.92 Å². The van der Waals surface area contributed by atoms with Gasteiger partial charge in [0.2, 0.25) is 10.0 Å². The van der Waals surface area contributed by atoms with Crippen molar-refractivity contribution in [2.45, 2.75) is 37.6 Å². The molecule has 0 aliphatic rings. The van der Waals surface area contributed by atoms with Crippen LogP contribution in [0.3, 0.4) is 0 Å². The second-order valence-corrected chi connectivity index (χ2v) is 6.96. The molecule has 0 fully saturated rings. The third kappa shape index (κ3) is 5.48. The fraction of sp³-hybridized carbons (Fsp3) is 0.538. The van der Waals surface area contributed by atoms with E-state index >= 15 is 0 Å². The quantitative estimate of drug-likeness (QED) is 0.846. The van der Waals surface area contributed by atoms with Gasteiger partial charge < -0.3 is 5.73 Å². The molecule has 1 unspecified atom stereocenters. The van der Waals surface area contributed by atoms with Crippen molar-refractivity contribution >= 4 is 22.4 Å². The minimum absolute atomic E-state index is 0. The van der Waals surface area contributed by atoms with E-state index in [1.54, 1.807) is 30.3 Å². The van der Waals surface area contributed by atoms with E-state index in [0.29, 0.717) is 12.3 Å². The van der Waals surface area contributed by atoms with Gasteiger partial charge in [0, 0.05) is 12.1 Å². The Bertz CT molecular complexity index is 477. The summed E-state index contributed by atoms with van der Waals surface area (Å²) in [6.45, 7) is 6.21. The second-order valence-electron chi connectivity index (χ2n) is 5.28. The summed E-state index contributed by atoms with van der Waals surface area (Å²) in [6, 6.07) is 8.35. The van der Waals surface area contributed by atoms with Gasteiger partial charge >= 0.3 is 0 Å². The average molecular weight is 307 g/mol. The average Bonchev–Trinajstić information content (AvgIpc) is 2.28. The van der Waals surface area contributed by atoms with Crippen LogP contribution in [-0.2, 0) is 10.0 Å². The van der Waals surface area contributed by atoms with Crippen molar-refractivity contribution in [2.24, 2.45) is 11.7 Å². The number of hydrogen-bond donors (Lipinski definition) is 2. The number of halogens is 1. The molecule has 3 N–H and O–H groups in total. The van der Waals surface area contributed by atoms with Crippen molar-refractivity contribution in [3.63, 3.8) is 0 Å². The molecule has 0 aromatic heterocycles. The van der Waals surface area contributed by atoms with Gasteiger partial charge in [-0.15, -0.1) is 12.4 Å². The number of nitrogens with two attached hydrogens (primary N) is 1. The molecule has 6 heteroatoms. The minimum Gasteiger partial charge on any atom is -0.329 e. The highest BCUT2D eigenvalue weighted by molar-refractivity contribution is 7.89. The van der Waals surface area contributed by atoms with Gasteiger partial charge in [-0.3, -0.25) is 0 Å². The maximum absolute atomic E-state index is 12.2. The van der Waals surface area contributed by atoms with Gasteiger partial charge in [-0.25, -0.2) is 13.1 Å². The highest BCUT2D eigenvalue weighted by Crippen LogP contribution is 2.19. The Morgan fingerprint density at radius 2 is 1.79 bits per heavy atom. The van der Waals surface area contributed by atoms with E-state index in [1.807, 2.05) is 20.8 Å². The predicted molar refractivity (Wildman–Crippen MR) is 80.9 cm³/mol. The van der Waals surface area contributed by atoms with E-state index in [4.69, 9.17) is 5.73 Å². The number of benzene rings is 1. The fourth-order valence-corrected chi connectivity index (χ4v) is 3.50. The fourth-order valence-electron chi connectivity index (χ4n) is 2.05. The van der Waals surface area contributed by atoms with Crippen LogP contribution in [0.25, 0.3) is 0 Å². The monoisotopic (exact) mass is 306 g/mol. The molecule has 0 saturated carbocycles. The molecule has 0 aliphatic carbocycles. The molecule has 0 aliphatic heterocycles. The van der Waals surface area contributed by atoms with Crippen LogP contribution < -0.4 is 10.5 Å². The lowest BCUT2D eigenvalue weighted by Gasteiger charge is -2.30. The SMILES string of the molecule is CC(C)CC(C)(CN)NS(=O)(=O)c1ccccc1.Cl. The second kappa shape index (κ2) is 7.24. The Hall–Kier alpha value is -0.620. The first kappa shape index (κ1) is 18.4. The topological polar surface area (TPSA) is 72.2 Å². The third-order valence-electron chi connectivity index (χ3n) is 2.74. The summed E-state index contributed by atoms with van der Waals surface area (Å²) in [4.78, 5) is 0.272. The van der Waals surface area contributed by atoms with Crippen molar-refractivity contribution in [1.82, 2.24) is 4.72 Å². The van der Waals surface area contributed by atoms with E-state index < -0.39 is 15.6 Å². The summed E-state index contributed by atoms with van der Waals surface area (Å²) >= 11 is 0. The Morgan fingerprint density at radius 1 is 1.26 bits per heavy atom. The molecule has 19 heavy (non-hydrogen) atoms. The number of sulfonamides is 1. The molecular formula is C13H23ClN2O2S. The van der Waals surface area contributed by atoms with Crippen LogP contribution in [-0.4, -0.2) is 20.5 Å². The molecule has 0 spiro atoms. The van der Waals surface area contributed by atoms with Crippen LogP contribution in [0.15, 0.2) is 35.2 Å². The first-order chi connectivity index (χ1) is 8.29. The zero-order valence-corrected chi connectivity index (χ0v) is 13.2. The molecule has 0 saturated heterocycles. The molecule has 0 amide bonds. The van der Waals surface area contributed by atoms with E-state index in [1.165, 1.54) is 0 Å². The highest BCUT2D eigenvalue weighted by atomic mass is 35.5. The molecule has 0 heterocycles. The summed E-state index contributed by atoms with van der Waals surface area (Å²) in [5.74, 6) is 0.372. The van der Waals surface area contributed by atoms with Crippen LogP contribution in [0.1, 0.15) is 27.2 Å². The number of nitrogens with one attached hydrogen (secondary N) is 1. The standard InChI is InChI=1S/C13H22N2O2S.ClH/c1-11(2)9-13(3,10-14)15-18(16,17)12-7-5-4-6-8-12;/h4-8,11,15H,9-10,14H2,1-3H3;1H. The molecular weight excluding hydrogens is 284 g/mol. The smallest absolute Gasteiger partial charge is 0.241 e. The predicted octanol–water partition coefficient (Wildman–Crippen LogP) is 2.15. The molecule has 1 aromatic rings. The van der Waals surface area contributed by atoms with Crippen molar-refractivity contribution in [3.8, 4) is 0 Å². The molecule has 0 radical (unpaired) electrons. The minimum atomic E-state index is -3.51. The largest absolute Gasteiger partial charge is 0.329 e. The first-order valence-electron chi connectivity index (χ1n) is 6.08. The summed E-state index contributed by atoms with van der Waals surface area (Å²) in [5, 5.41) is 0. The van der Waals surface area contributed by atoms with E-state index in [-0.39, 0.29) is 23.8 Å². The van der Waals surface area contributed by atoms with Crippen LogP contribution in [0.4, 0.5) is 0 Å². The Morgan fingerprint density at radius 3 is 2.21 bits per heavy atom. The number of rotatable bonds is 6. The zero-order valence-electron chi connectivity index (χ0n) is 11.6. The number of hydrogen-bond acceptors (Lipinski definition) is 3. The summed E-state index contributed by atoms with van der Waals surface area (Å²) in [5.41, 5.74) is 5.11. The van der Waals surface area contributed by atoms with E-state index in [0.717, 1.165) is 0 Å². The zero-order chi connectivity index (χ0) is 13.8. The van der Waals surface area contributed by atoms with E-state index in [9.17, 15) is 8.42 Å². The molecule has 1 aromatic carbocycles.